The van der Waals surface area contributed by atoms with E-state index in [0.717, 1.165) is 16.9 Å². The third kappa shape index (κ3) is 1.87. The summed E-state index contributed by atoms with van der Waals surface area (Å²) in [7, 11) is 1.97. The maximum Gasteiger partial charge on any atom is 0.213 e. The van der Waals surface area contributed by atoms with Gasteiger partial charge < -0.3 is 14.6 Å². The van der Waals surface area contributed by atoms with Crippen LogP contribution in [0.2, 0.25) is 0 Å². The smallest absolute Gasteiger partial charge is 0.213 e. The first-order valence-electron chi connectivity index (χ1n) is 6.88. The standard InChI is InChI=1S/C14H13N7O/c1-20(14-11-2-3-16-13(11)17-8-18-14)10-6-21-12(22-7-10)4-9(5-15)19-21/h2-4,8,10H,6-7H2,1H3,(H,16,17,18)/t10-/m0/s1. The molecule has 1 aliphatic heterocycles. The Morgan fingerprint density at radius 3 is 3.27 bits per heavy atom. The Hall–Kier alpha value is -3.08. The molecule has 3 aromatic heterocycles. The van der Waals surface area contributed by atoms with Crippen molar-refractivity contribution in [3.8, 4) is 11.9 Å². The number of ether oxygens (including phenoxy) is 1. The van der Waals surface area contributed by atoms with Gasteiger partial charge in [0, 0.05) is 19.3 Å². The van der Waals surface area contributed by atoms with Gasteiger partial charge in [0.1, 0.15) is 30.5 Å². The van der Waals surface area contributed by atoms with Gasteiger partial charge in [0.25, 0.3) is 0 Å². The Labute approximate surface area is 126 Å². The van der Waals surface area contributed by atoms with E-state index >= 15 is 0 Å². The molecule has 1 aliphatic rings. The van der Waals surface area contributed by atoms with E-state index < -0.39 is 0 Å². The monoisotopic (exact) mass is 295 g/mol. The third-order valence-corrected chi connectivity index (χ3v) is 3.88. The Kier molecular flexibility index (Phi) is 2.72. The lowest BCUT2D eigenvalue weighted by molar-refractivity contribution is 0.202. The lowest BCUT2D eigenvalue weighted by Crippen LogP contribution is -2.43. The van der Waals surface area contributed by atoms with Gasteiger partial charge in [0.15, 0.2) is 5.69 Å². The van der Waals surface area contributed by atoms with Gasteiger partial charge in [-0.05, 0) is 6.07 Å². The summed E-state index contributed by atoms with van der Waals surface area (Å²) >= 11 is 0. The molecule has 0 saturated carbocycles. The quantitative estimate of drug-likeness (QED) is 0.755. The van der Waals surface area contributed by atoms with E-state index in [1.807, 2.05) is 25.4 Å². The van der Waals surface area contributed by atoms with Crippen molar-refractivity contribution in [1.82, 2.24) is 24.7 Å². The number of aromatic nitrogens is 5. The molecular weight excluding hydrogens is 282 g/mol. The summed E-state index contributed by atoms with van der Waals surface area (Å²) in [5.41, 5.74) is 1.17. The van der Waals surface area contributed by atoms with E-state index in [9.17, 15) is 0 Å². The molecule has 4 heterocycles. The fraction of sp³-hybridized carbons (Fsp3) is 0.286. The minimum atomic E-state index is 0.0759. The molecular formula is C14H13N7O. The number of fused-ring (bicyclic) bond motifs is 2. The molecule has 0 aliphatic carbocycles. The molecule has 0 amide bonds. The summed E-state index contributed by atoms with van der Waals surface area (Å²) in [6, 6.07) is 5.72. The highest BCUT2D eigenvalue weighted by Crippen LogP contribution is 2.26. The summed E-state index contributed by atoms with van der Waals surface area (Å²) in [6.07, 6.45) is 3.39. The van der Waals surface area contributed by atoms with Crippen molar-refractivity contribution in [2.75, 3.05) is 18.6 Å². The number of nitrogens with zero attached hydrogens (tertiary/aromatic N) is 6. The van der Waals surface area contributed by atoms with Crippen LogP contribution >= 0.6 is 0 Å². The van der Waals surface area contributed by atoms with Crippen molar-refractivity contribution >= 4 is 16.9 Å². The maximum atomic E-state index is 8.92. The normalized spacial score (nSPS) is 16.8. The number of aromatic amines is 1. The number of likely N-dealkylation sites (N-methyl/N-ethyl adjacent to an activating group) is 1. The summed E-state index contributed by atoms with van der Waals surface area (Å²) in [6.45, 7) is 1.16. The van der Waals surface area contributed by atoms with Crippen molar-refractivity contribution in [2.45, 2.75) is 12.6 Å². The number of nitriles is 1. The molecule has 8 nitrogen and oxygen atoms in total. The molecule has 0 aromatic carbocycles. The average molecular weight is 295 g/mol. The van der Waals surface area contributed by atoms with Crippen LogP contribution in [-0.2, 0) is 6.54 Å². The van der Waals surface area contributed by atoms with Crippen molar-refractivity contribution in [1.29, 1.82) is 5.26 Å². The van der Waals surface area contributed by atoms with Crippen LogP contribution < -0.4 is 9.64 Å². The van der Waals surface area contributed by atoms with Gasteiger partial charge in [-0.3, -0.25) is 0 Å². The highest BCUT2D eigenvalue weighted by Gasteiger charge is 2.26. The van der Waals surface area contributed by atoms with Crippen molar-refractivity contribution in [3.63, 3.8) is 0 Å². The van der Waals surface area contributed by atoms with E-state index in [-0.39, 0.29) is 6.04 Å². The molecule has 0 bridgehead atoms. The lowest BCUT2D eigenvalue weighted by Gasteiger charge is -2.32. The zero-order valence-corrected chi connectivity index (χ0v) is 11.9. The molecule has 0 spiro atoms. The molecule has 3 aromatic rings. The Morgan fingerprint density at radius 2 is 2.41 bits per heavy atom. The van der Waals surface area contributed by atoms with Crippen LogP contribution in [0.15, 0.2) is 24.7 Å². The van der Waals surface area contributed by atoms with Crippen molar-refractivity contribution in [3.05, 3.63) is 30.4 Å². The van der Waals surface area contributed by atoms with E-state index in [1.165, 1.54) is 0 Å². The largest absolute Gasteiger partial charge is 0.476 e. The number of hydrogen-bond donors (Lipinski definition) is 1. The predicted octanol–water partition coefficient (Wildman–Crippen LogP) is 0.923. The molecule has 0 saturated heterocycles. The maximum absolute atomic E-state index is 8.92. The predicted molar refractivity (Wildman–Crippen MR) is 78.5 cm³/mol. The summed E-state index contributed by atoms with van der Waals surface area (Å²) in [4.78, 5) is 13.7. The first-order chi connectivity index (χ1) is 10.8. The first kappa shape index (κ1) is 12.6. The van der Waals surface area contributed by atoms with E-state index in [0.29, 0.717) is 24.7 Å². The van der Waals surface area contributed by atoms with Crippen LogP contribution in [0, 0.1) is 11.3 Å². The Balaban J connectivity index is 1.65. The van der Waals surface area contributed by atoms with Gasteiger partial charge in [0.2, 0.25) is 5.88 Å². The van der Waals surface area contributed by atoms with Crippen LogP contribution in [0.3, 0.4) is 0 Å². The fourth-order valence-electron chi connectivity index (χ4n) is 2.68. The van der Waals surface area contributed by atoms with Gasteiger partial charge in [-0.1, -0.05) is 0 Å². The number of H-pyrrole nitrogens is 1. The number of nitrogens with one attached hydrogen (secondary N) is 1. The van der Waals surface area contributed by atoms with Crippen molar-refractivity contribution < 1.29 is 4.74 Å². The van der Waals surface area contributed by atoms with Gasteiger partial charge in [-0.25, -0.2) is 14.6 Å². The number of anilines is 1. The highest BCUT2D eigenvalue weighted by atomic mass is 16.5. The molecule has 4 rings (SSSR count). The van der Waals surface area contributed by atoms with E-state index in [4.69, 9.17) is 10.00 Å². The molecule has 1 atom stereocenters. The zero-order chi connectivity index (χ0) is 15.1. The average Bonchev–Trinajstić information content (AvgIpc) is 3.18. The van der Waals surface area contributed by atoms with E-state index in [1.54, 1.807) is 17.1 Å². The second-order valence-corrected chi connectivity index (χ2v) is 5.17. The molecule has 0 unspecified atom stereocenters. The minimum Gasteiger partial charge on any atom is -0.476 e. The molecule has 110 valence electrons. The Morgan fingerprint density at radius 1 is 1.50 bits per heavy atom. The molecule has 1 N–H and O–H groups in total. The highest BCUT2D eigenvalue weighted by molar-refractivity contribution is 5.87. The topological polar surface area (TPSA) is 95.7 Å². The van der Waals surface area contributed by atoms with Crippen LogP contribution in [0.4, 0.5) is 5.82 Å². The number of rotatable bonds is 2. The van der Waals surface area contributed by atoms with E-state index in [2.05, 4.69) is 25.0 Å². The summed E-state index contributed by atoms with van der Waals surface area (Å²) < 4.78 is 7.43. The van der Waals surface area contributed by atoms with Crippen LogP contribution in [0.25, 0.3) is 11.0 Å². The van der Waals surface area contributed by atoms with Crippen molar-refractivity contribution in [2.24, 2.45) is 0 Å². The van der Waals surface area contributed by atoms with Gasteiger partial charge in [-0.2, -0.15) is 10.4 Å². The third-order valence-electron chi connectivity index (χ3n) is 3.88. The van der Waals surface area contributed by atoms with Crippen LogP contribution in [0.5, 0.6) is 5.88 Å². The summed E-state index contributed by atoms with van der Waals surface area (Å²) in [5.74, 6) is 1.48. The van der Waals surface area contributed by atoms with Gasteiger partial charge in [-0.15, -0.1) is 0 Å². The molecule has 8 heteroatoms. The molecule has 0 fully saturated rings. The van der Waals surface area contributed by atoms with Crippen LogP contribution in [0.1, 0.15) is 5.69 Å². The van der Waals surface area contributed by atoms with Gasteiger partial charge in [0.05, 0.1) is 18.0 Å². The first-order valence-corrected chi connectivity index (χ1v) is 6.88. The Bertz CT molecular complexity index is 875. The zero-order valence-electron chi connectivity index (χ0n) is 11.9. The molecule has 22 heavy (non-hydrogen) atoms. The van der Waals surface area contributed by atoms with Crippen LogP contribution in [-0.4, -0.2) is 44.4 Å². The lowest BCUT2D eigenvalue weighted by atomic mass is 10.2. The summed E-state index contributed by atoms with van der Waals surface area (Å²) in [5, 5.41) is 14.1. The minimum absolute atomic E-state index is 0.0759. The second kappa shape index (κ2) is 4.73. The SMILES string of the molecule is CN(c1ncnc2[nH]ccc12)[C@@H]1COc2cc(C#N)nn2C1. The molecule has 0 radical (unpaired) electrons. The fourth-order valence-corrected chi connectivity index (χ4v) is 2.68. The van der Waals surface area contributed by atoms with Gasteiger partial charge >= 0.3 is 0 Å². The number of hydrogen-bond acceptors (Lipinski definition) is 6. The second-order valence-electron chi connectivity index (χ2n) is 5.17.